The molecule has 10 heteroatoms. The number of rotatable bonds is 6. The summed E-state index contributed by atoms with van der Waals surface area (Å²) in [5.41, 5.74) is 8.32. The van der Waals surface area contributed by atoms with Crippen LogP contribution in [0, 0.1) is 0 Å². The smallest absolute Gasteiger partial charge is 0.332 e. The van der Waals surface area contributed by atoms with Crippen molar-refractivity contribution in [3.05, 3.63) is 69.1 Å². The van der Waals surface area contributed by atoms with Crippen molar-refractivity contribution in [3.8, 4) is 0 Å². The summed E-state index contributed by atoms with van der Waals surface area (Å²) in [6, 6.07) is 11.9. The van der Waals surface area contributed by atoms with Gasteiger partial charge in [-0.25, -0.2) is 9.78 Å². The van der Waals surface area contributed by atoms with Gasteiger partial charge in [-0.05, 0) is 37.4 Å². The van der Waals surface area contributed by atoms with E-state index in [1.54, 1.807) is 7.05 Å². The molecule has 0 bridgehead atoms. The van der Waals surface area contributed by atoms with Crippen molar-refractivity contribution in [2.75, 3.05) is 18.5 Å². The van der Waals surface area contributed by atoms with Gasteiger partial charge < -0.3 is 15.2 Å². The van der Waals surface area contributed by atoms with Crippen LogP contribution < -0.4 is 21.9 Å². The van der Waals surface area contributed by atoms with Gasteiger partial charge in [0, 0.05) is 39.4 Å². The number of aryl methyl sites for hydroxylation is 2. The molecule has 0 fully saturated rings. The molecule has 0 radical (unpaired) electrons. The number of fused-ring (bicyclic) bond motifs is 4. The Morgan fingerprint density at radius 3 is 2.59 bits per heavy atom. The minimum Gasteiger partial charge on any atom is -0.344 e. The largest absolute Gasteiger partial charge is 0.344 e. The van der Waals surface area contributed by atoms with Crippen molar-refractivity contribution in [2.45, 2.75) is 33.0 Å². The van der Waals surface area contributed by atoms with E-state index in [4.69, 9.17) is 5.73 Å². The standard InChI is InChI=1S/C24H28N8O2/c1-5-30-20-21(27-23(30)28(3)12-15(2)25)29(4)24(34)32(22(20)33)14-17-13-31-18-9-7-6-8-16(18)10-11-19(31)26-17/h6-11,13,15H,5,12,14,25H2,1-4H3. The number of imidazole rings is 2. The maximum atomic E-state index is 13.6. The molecule has 0 amide bonds. The Morgan fingerprint density at radius 1 is 1.09 bits per heavy atom. The zero-order valence-electron chi connectivity index (χ0n) is 19.8. The Labute approximate surface area is 195 Å². The molecule has 0 aliphatic carbocycles. The van der Waals surface area contributed by atoms with Crippen molar-refractivity contribution in [1.29, 1.82) is 0 Å². The van der Waals surface area contributed by atoms with E-state index in [-0.39, 0.29) is 18.1 Å². The second kappa shape index (κ2) is 8.14. The van der Waals surface area contributed by atoms with Crippen LogP contribution in [0.4, 0.5) is 5.95 Å². The van der Waals surface area contributed by atoms with Crippen LogP contribution in [0.25, 0.3) is 27.7 Å². The van der Waals surface area contributed by atoms with Gasteiger partial charge >= 0.3 is 5.69 Å². The third-order valence-electron chi connectivity index (χ3n) is 6.14. The summed E-state index contributed by atoms with van der Waals surface area (Å²) in [6.07, 6.45) is 1.88. The second-order valence-electron chi connectivity index (χ2n) is 8.77. The molecular formula is C24H28N8O2. The first-order valence-corrected chi connectivity index (χ1v) is 11.3. The van der Waals surface area contributed by atoms with Crippen LogP contribution in [0.5, 0.6) is 0 Å². The number of aromatic nitrogens is 6. The van der Waals surface area contributed by atoms with E-state index in [9.17, 15) is 9.59 Å². The lowest BCUT2D eigenvalue weighted by Crippen LogP contribution is -2.40. The monoisotopic (exact) mass is 460 g/mol. The number of hydrogen-bond donors (Lipinski definition) is 1. The maximum Gasteiger partial charge on any atom is 0.332 e. The molecule has 4 heterocycles. The van der Waals surface area contributed by atoms with Crippen LogP contribution in [0.1, 0.15) is 19.5 Å². The van der Waals surface area contributed by atoms with Gasteiger partial charge in [-0.2, -0.15) is 4.98 Å². The average molecular weight is 461 g/mol. The molecule has 4 aromatic heterocycles. The normalized spacial score (nSPS) is 12.7. The number of benzene rings is 1. The Morgan fingerprint density at radius 2 is 1.85 bits per heavy atom. The van der Waals surface area contributed by atoms with E-state index < -0.39 is 5.69 Å². The van der Waals surface area contributed by atoms with Gasteiger partial charge in [0.2, 0.25) is 5.95 Å². The minimum absolute atomic E-state index is 0.0668. The summed E-state index contributed by atoms with van der Waals surface area (Å²) in [4.78, 5) is 38.0. The number of para-hydroxylation sites is 1. The first-order chi connectivity index (χ1) is 16.3. The summed E-state index contributed by atoms with van der Waals surface area (Å²) in [7, 11) is 3.52. The lowest BCUT2D eigenvalue weighted by atomic mass is 10.2. The summed E-state index contributed by atoms with van der Waals surface area (Å²) in [5, 5.41) is 1.09. The van der Waals surface area contributed by atoms with E-state index in [2.05, 4.69) is 9.97 Å². The molecule has 10 nitrogen and oxygen atoms in total. The van der Waals surface area contributed by atoms with Gasteiger partial charge in [0.05, 0.1) is 17.8 Å². The van der Waals surface area contributed by atoms with E-state index >= 15 is 0 Å². The van der Waals surface area contributed by atoms with Crippen molar-refractivity contribution >= 4 is 33.7 Å². The predicted molar refractivity (Wildman–Crippen MR) is 134 cm³/mol. The highest BCUT2D eigenvalue weighted by Gasteiger charge is 2.22. The van der Waals surface area contributed by atoms with Crippen LogP contribution in [0.2, 0.25) is 0 Å². The molecule has 34 heavy (non-hydrogen) atoms. The fraction of sp³-hybridized carbons (Fsp3) is 0.333. The number of hydrogen-bond acceptors (Lipinski definition) is 6. The molecule has 0 saturated heterocycles. The summed E-state index contributed by atoms with van der Waals surface area (Å²) < 4.78 is 6.48. The van der Waals surface area contributed by atoms with Crippen molar-refractivity contribution in [2.24, 2.45) is 12.8 Å². The Balaban J connectivity index is 1.66. The van der Waals surface area contributed by atoms with Gasteiger partial charge in [-0.15, -0.1) is 0 Å². The van der Waals surface area contributed by atoms with E-state index in [0.717, 1.165) is 16.6 Å². The summed E-state index contributed by atoms with van der Waals surface area (Å²) in [6.45, 7) is 5.03. The fourth-order valence-corrected chi connectivity index (χ4v) is 4.61. The first kappa shape index (κ1) is 21.9. The number of anilines is 1. The quantitative estimate of drug-likeness (QED) is 0.412. The third-order valence-corrected chi connectivity index (χ3v) is 6.14. The summed E-state index contributed by atoms with van der Waals surface area (Å²) in [5.74, 6) is 0.610. The Kier molecular flexibility index (Phi) is 5.24. The second-order valence-corrected chi connectivity index (χ2v) is 8.77. The van der Waals surface area contributed by atoms with Crippen LogP contribution in [-0.4, -0.2) is 47.7 Å². The lowest BCUT2D eigenvalue weighted by Gasteiger charge is -2.20. The van der Waals surface area contributed by atoms with Crippen molar-refractivity contribution in [3.63, 3.8) is 0 Å². The molecule has 0 saturated carbocycles. The lowest BCUT2D eigenvalue weighted by molar-refractivity contribution is 0.643. The topological polar surface area (TPSA) is 108 Å². The molecular weight excluding hydrogens is 432 g/mol. The molecule has 2 N–H and O–H groups in total. The molecule has 1 unspecified atom stereocenters. The predicted octanol–water partition coefficient (Wildman–Crippen LogP) is 1.55. The maximum absolute atomic E-state index is 13.6. The molecule has 5 aromatic rings. The highest BCUT2D eigenvalue weighted by atomic mass is 16.2. The van der Waals surface area contributed by atoms with Crippen molar-refractivity contribution in [1.82, 2.24) is 28.1 Å². The molecule has 0 aliphatic rings. The Bertz CT molecular complexity index is 1650. The average Bonchev–Trinajstić information content (AvgIpc) is 3.41. The van der Waals surface area contributed by atoms with Gasteiger partial charge in [0.1, 0.15) is 5.65 Å². The molecule has 0 aliphatic heterocycles. The van der Waals surface area contributed by atoms with Crippen LogP contribution in [-0.2, 0) is 20.1 Å². The molecule has 5 rings (SSSR count). The van der Waals surface area contributed by atoms with Crippen LogP contribution in [0.3, 0.4) is 0 Å². The number of pyridine rings is 1. The highest BCUT2D eigenvalue weighted by Crippen LogP contribution is 2.20. The minimum atomic E-state index is -0.429. The van der Waals surface area contributed by atoms with E-state index in [0.29, 0.717) is 35.9 Å². The van der Waals surface area contributed by atoms with Gasteiger partial charge in [-0.3, -0.25) is 18.3 Å². The van der Waals surface area contributed by atoms with E-state index in [1.165, 1.54) is 9.13 Å². The number of likely N-dealkylation sites (N-methyl/N-ethyl adjacent to an activating group) is 1. The molecule has 0 spiro atoms. The Hall–Kier alpha value is -3.92. The van der Waals surface area contributed by atoms with E-state index in [1.807, 2.05) is 77.4 Å². The third kappa shape index (κ3) is 3.38. The fourth-order valence-electron chi connectivity index (χ4n) is 4.61. The summed E-state index contributed by atoms with van der Waals surface area (Å²) >= 11 is 0. The van der Waals surface area contributed by atoms with Crippen molar-refractivity contribution < 1.29 is 0 Å². The van der Waals surface area contributed by atoms with Crippen LogP contribution in [0.15, 0.2) is 52.2 Å². The first-order valence-electron chi connectivity index (χ1n) is 11.3. The van der Waals surface area contributed by atoms with Gasteiger partial charge in [0.25, 0.3) is 5.56 Å². The zero-order chi connectivity index (χ0) is 24.1. The van der Waals surface area contributed by atoms with Gasteiger partial charge in [0.15, 0.2) is 11.2 Å². The highest BCUT2D eigenvalue weighted by molar-refractivity contribution is 5.82. The molecule has 1 aromatic carbocycles. The van der Waals surface area contributed by atoms with Gasteiger partial charge in [-0.1, -0.05) is 18.2 Å². The van der Waals surface area contributed by atoms with Crippen LogP contribution >= 0.6 is 0 Å². The molecule has 176 valence electrons. The number of nitrogens with two attached hydrogens (primary N) is 1. The zero-order valence-corrected chi connectivity index (χ0v) is 19.8. The number of nitrogens with zero attached hydrogens (tertiary/aromatic N) is 7. The SMILES string of the molecule is CCn1c(N(C)CC(C)N)nc2c1c(=O)n(Cc1cn3c(ccc4ccccc43)n1)c(=O)n2C. The molecule has 1 atom stereocenters.